The van der Waals surface area contributed by atoms with Gasteiger partial charge in [-0.15, -0.1) is 11.6 Å². The third kappa shape index (κ3) is 2.76. The topological polar surface area (TPSA) is 20.2 Å². The summed E-state index contributed by atoms with van der Waals surface area (Å²) in [5.74, 6) is 5.63. The highest BCUT2D eigenvalue weighted by Crippen LogP contribution is 2.31. The second-order valence-corrected chi connectivity index (χ2v) is 4.19. The van der Waals surface area contributed by atoms with Gasteiger partial charge in [-0.05, 0) is 31.8 Å². The van der Waals surface area contributed by atoms with Gasteiger partial charge in [0.25, 0.3) is 0 Å². The molecule has 0 saturated heterocycles. The highest BCUT2D eigenvalue weighted by Gasteiger charge is 2.35. The largest absolute Gasteiger partial charge is 0.376 e. The van der Waals surface area contributed by atoms with Crippen LogP contribution in [0.15, 0.2) is 12.2 Å². The molecule has 13 heavy (non-hydrogen) atoms. The zero-order valence-electron chi connectivity index (χ0n) is 7.94. The zero-order chi connectivity index (χ0) is 9.90. The van der Waals surface area contributed by atoms with Crippen LogP contribution in [-0.4, -0.2) is 16.1 Å². The van der Waals surface area contributed by atoms with Crippen molar-refractivity contribution in [2.24, 2.45) is 0 Å². The van der Waals surface area contributed by atoms with Crippen LogP contribution in [0.1, 0.15) is 32.6 Å². The molecule has 0 aliphatic heterocycles. The molecular weight excluding hydrogens is 184 g/mol. The zero-order valence-corrected chi connectivity index (χ0v) is 8.69. The van der Waals surface area contributed by atoms with Gasteiger partial charge in [-0.25, -0.2) is 0 Å². The molecule has 0 bridgehead atoms. The van der Waals surface area contributed by atoms with Crippen molar-refractivity contribution in [3.8, 4) is 11.8 Å². The van der Waals surface area contributed by atoms with Crippen molar-refractivity contribution in [3.05, 3.63) is 12.2 Å². The van der Waals surface area contributed by atoms with Crippen LogP contribution < -0.4 is 0 Å². The fourth-order valence-corrected chi connectivity index (χ4v) is 1.79. The van der Waals surface area contributed by atoms with Crippen LogP contribution in [0.25, 0.3) is 0 Å². The van der Waals surface area contributed by atoms with Gasteiger partial charge in [-0.2, -0.15) is 0 Å². The van der Waals surface area contributed by atoms with Crippen molar-refractivity contribution in [1.82, 2.24) is 0 Å². The lowest BCUT2D eigenvalue weighted by molar-refractivity contribution is 0.0653. The van der Waals surface area contributed by atoms with Crippen LogP contribution in [0, 0.1) is 11.8 Å². The lowest BCUT2D eigenvalue weighted by Crippen LogP contribution is -2.40. The SMILES string of the molecule is C=C(C)C#CC1(O)CCCCC1Cl. The summed E-state index contributed by atoms with van der Waals surface area (Å²) in [5, 5.41) is 9.81. The molecule has 0 amide bonds. The molecule has 1 aliphatic rings. The summed E-state index contributed by atoms with van der Waals surface area (Å²) in [6.07, 6.45) is 3.63. The number of rotatable bonds is 0. The lowest BCUT2D eigenvalue weighted by Gasteiger charge is -2.31. The molecule has 1 fully saturated rings. The van der Waals surface area contributed by atoms with E-state index in [2.05, 4.69) is 18.4 Å². The average Bonchev–Trinajstić information content (AvgIpc) is 2.07. The van der Waals surface area contributed by atoms with Gasteiger partial charge in [-0.1, -0.05) is 24.8 Å². The van der Waals surface area contributed by atoms with Crippen LogP contribution in [0.3, 0.4) is 0 Å². The second-order valence-electron chi connectivity index (χ2n) is 3.67. The molecule has 1 N–H and O–H groups in total. The standard InChI is InChI=1S/C11H15ClO/c1-9(2)6-8-11(13)7-4-3-5-10(11)12/h10,13H,1,3-5,7H2,2H3. The normalized spacial score (nSPS) is 33.3. The van der Waals surface area contributed by atoms with Crippen molar-refractivity contribution in [2.45, 2.75) is 43.6 Å². The Morgan fingerprint density at radius 2 is 2.31 bits per heavy atom. The van der Waals surface area contributed by atoms with E-state index in [0.717, 1.165) is 24.8 Å². The maximum Gasteiger partial charge on any atom is 0.142 e. The Morgan fingerprint density at radius 3 is 2.85 bits per heavy atom. The van der Waals surface area contributed by atoms with Crippen LogP contribution in [0.2, 0.25) is 0 Å². The van der Waals surface area contributed by atoms with E-state index in [9.17, 15) is 5.11 Å². The lowest BCUT2D eigenvalue weighted by atomic mass is 9.85. The summed E-state index contributed by atoms with van der Waals surface area (Å²) in [7, 11) is 0. The molecular formula is C11H15ClO. The fourth-order valence-electron chi connectivity index (χ4n) is 1.47. The van der Waals surface area contributed by atoms with Gasteiger partial charge < -0.3 is 5.11 Å². The Balaban J connectivity index is 2.74. The Bertz CT molecular complexity index is 261. The Kier molecular flexibility index (Phi) is 3.41. The Labute approximate surface area is 84.8 Å². The van der Waals surface area contributed by atoms with E-state index in [1.807, 2.05) is 6.92 Å². The molecule has 0 aromatic carbocycles. The summed E-state index contributed by atoms with van der Waals surface area (Å²) in [6.45, 7) is 5.49. The van der Waals surface area contributed by atoms with Gasteiger partial charge in [0.2, 0.25) is 0 Å². The second kappa shape index (κ2) is 4.17. The van der Waals surface area contributed by atoms with E-state index in [0.29, 0.717) is 6.42 Å². The van der Waals surface area contributed by atoms with E-state index in [-0.39, 0.29) is 5.38 Å². The molecule has 0 spiro atoms. The quantitative estimate of drug-likeness (QED) is 0.469. The number of hydrogen-bond donors (Lipinski definition) is 1. The Morgan fingerprint density at radius 1 is 1.62 bits per heavy atom. The minimum Gasteiger partial charge on any atom is -0.376 e. The molecule has 2 heteroatoms. The first kappa shape index (κ1) is 10.6. The molecule has 0 heterocycles. The van der Waals surface area contributed by atoms with Crippen LogP contribution in [0.4, 0.5) is 0 Å². The first-order valence-corrected chi connectivity index (χ1v) is 5.03. The van der Waals surface area contributed by atoms with Gasteiger partial charge >= 0.3 is 0 Å². The predicted molar refractivity (Wildman–Crippen MR) is 55.6 cm³/mol. The smallest absolute Gasteiger partial charge is 0.142 e. The summed E-state index contributed by atoms with van der Waals surface area (Å²) in [6, 6.07) is 0. The maximum atomic E-state index is 10.0. The van der Waals surface area contributed by atoms with Crippen molar-refractivity contribution in [2.75, 3.05) is 0 Å². The molecule has 1 saturated carbocycles. The summed E-state index contributed by atoms with van der Waals surface area (Å²) in [5.41, 5.74) is -0.221. The van der Waals surface area contributed by atoms with E-state index in [1.165, 1.54) is 0 Å². The van der Waals surface area contributed by atoms with Crippen LogP contribution in [-0.2, 0) is 0 Å². The van der Waals surface area contributed by atoms with E-state index in [4.69, 9.17) is 11.6 Å². The van der Waals surface area contributed by atoms with E-state index in [1.54, 1.807) is 0 Å². The number of allylic oxidation sites excluding steroid dienone is 1. The van der Waals surface area contributed by atoms with Crippen molar-refractivity contribution < 1.29 is 5.11 Å². The highest BCUT2D eigenvalue weighted by atomic mass is 35.5. The number of halogens is 1. The van der Waals surface area contributed by atoms with Gasteiger partial charge in [-0.3, -0.25) is 0 Å². The third-order valence-electron chi connectivity index (χ3n) is 2.28. The molecule has 1 rings (SSSR count). The van der Waals surface area contributed by atoms with Gasteiger partial charge in [0, 0.05) is 0 Å². The maximum absolute atomic E-state index is 10.0. The first-order valence-electron chi connectivity index (χ1n) is 4.60. The first-order chi connectivity index (χ1) is 6.04. The van der Waals surface area contributed by atoms with Crippen LogP contribution in [0.5, 0.6) is 0 Å². The molecule has 2 atom stereocenters. The van der Waals surface area contributed by atoms with Crippen molar-refractivity contribution in [1.29, 1.82) is 0 Å². The van der Waals surface area contributed by atoms with Gasteiger partial charge in [0.1, 0.15) is 5.60 Å². The number of alkyl halides is 1. The van der Waals surface area contributed by atoms with Crippen molar-refractivity contribution in [3.63, 3.8) is 0 Å². The molecule has 1 nitrogen and oxygen atoms in total. The average molecular weight is 199 g/mol. The van der Waals surface area contributed by atoms with E-state index >= 15 is 0 Å². The molecule has 0 aromatic rings. The molecule has 0 radical (unpaired) electrons. The minimum atomic E-state index is -0.987. The molecule has 0 aromatic heterocycles. The van der Waals surface area contributed by atoms with E-state index < -0.39 is 5.60 Å². The Hall–Kier alpha value is -0.450. The summed E-state index contributed by atoms with van der Waals surface area (Å²) in [4.78, 5) is 0. The molecule has 72 valence electrons. The minimum absolute atomic E-state index is 0.229. The summed E-state index contributed by atoms with van der Waals surface area (Å²) < 4.78 is 0. The fraction of sp³-hybridized carbons (Fsp3) is 0.636. The predicted octanol–water partition coefficient (Wildman–Crippen LogP) is 2.48. The van der Waals surface area contributed by atoms with Gasteiger partial charge in [0.15, 0.2) is 0 Å². The monoisotopic (exact) mass is 198 g/mol. The third-order valence-corrected chi connectivity index (χ3v) is 2.86. The molecule has 1 aliphatic carbocycles. The molecule has 2 unspecified atom stereocenters. The van der Waals surface area contributed by atoms with Gasteiger partial charge in [0.05, 0.1) is 5.38 Å². The number of hydrogen-bond acceptors (Lipinski definition) is 1. The van der Waals surface area contributed by atoms with Crippen molar-refractivity contribution >= 4 is 11.6 Å². The highest BCUT2D eigenvalue weighted by molar-refractivity contribution is 6.21. The number of aliphatic hydroxyl groups is 1. The summed E-state index contributed by atoms with van der Waals surface area (Å²) >= 11 is 6.03. The van der Waals surface area contributed by atoms with Crippen LogP contribution >= 0.6 is 11.6 Å².